The fourth-order valence-corrected chi connectivity index (χ4v) is 3.98. The largest absolute Gasteiger partial charge is 0.314 e. The van der Waals surface area contributed by atoms with E-state index in [0.717, 1.165) is 39.0 Å². The monoisotopic (exact) mass is 337 g/mol. The van der Waals surface area contributed by atoms with E-state index >= 15 is 0 Å². The predicted molar refractivity (Wildman–Crippen MR) is 101 cm³/mol. The molecule has 2 aliphatic rings. The van der Waals surface area contributed by atoms with Gasteiger partial charge in [0, 0.05) is 32.2 Å². The van der Waals surface area contributed by atoms with Crippen molar-refractivity contribution in [2.75, 3.05) is 31.2 Å². The zero-order valence-corrected chi connectivity index (χ0v) is 14.9. The van der Waals surface area contributed by atoms with E-state index in [1.165, 1.54) is 16.8 Å². The lowest BCUT2D eigenvalue weighted by atomic mass is 10.0. The van der Waals surface area contributed by atoms with Gasteiger partial charge in [-0.1, -0.05) is 55.5 Å². The topological polar surface area (TPSA) is 27.7 Å². The van der Waals surface area contributed by atoms with Crippen LogP contribution in [0.25, 0.3) is 0 Å². The van der Waals surface area contributed by atoms with Crippen molar-refractivity contribution in [2.24, 2.45) is 0 Å². The summed E-state index contributed by atoms with van der Waals surface area (Å²) in [6.07, 6.45) is 2.14. The summed E-state index contributed by atoms with van der Waals surface area (Å²) in [6, 6.07) is 19.7. The van der Waals surface area contributed by atoms with Crippen molar-refractivity contribution in [2.45, 2.75) is 32.0 Å². The van der Waals surface area contributed by atoms with Gasteiger partial charge in [0.15, 0.2) is 0 Å². The van der Waals surface area contributed by atoms with Gasteiger partial charge >= 0.3 is 0 Å². The van der Waals surface area contributed by atoms with Crippen molar-refractivity contribution in [3.05, 3.63) is 65.7 Å². The van der Waals surface area contributed by atoms with Gasteiger partial charge in [0.2, 0.25) is 0 Å². The van der Waals surface area contributed by atoms with E-state index in [1.54, 1.807) is 0 Å². The summed E-state index contributed by atoms with van der Waals surface area (Å²) in [4.78, 5) is 9.03. The van der Waals surface area contributed by atoms with Gasteiger partial charge in [-0.15, -0.1) is 0 Å². The van der Waals surface area contributed by atoms with Gasteiger partial charge in [-0.25, -0.2) is 0 Å². The molecule has 2 aromatic rings. The summed E-state index contributed by atoms with van der Waals surface area (Å²) >= 11 is 0. The minimum atomic E-state index is 0.0958. The number of anilines is 1. The van der Waals surface area contributed by atoms with Gasteiger partial charge in [-0.05, 0) is 30.0 Å². The normalized spacial score (nSPS) is 22.0. The number of para-hydroxylation sites is 1. The van der Waals surface area contributed by atoms with Gasteiger partial charge in [0.05, 0.1) is 5.69 Å². The zero-order chi connectivity index (χ0) is 17.1. The summed E-state index contributed by atoms with van der Waals surface area (Å²) in [5.74, 6) is 0. The van der Waals surface area contributed by atoms with Crippen molar-refractivity contribution >= 4 is 5.69 Å². The molecular weight excluding hydrogens is 310 g/mol. The molecule has 1 fully saturated rings. The molecule has 2 aliphatic heterocycles. The van der Waals surface area contributed by atoms with Crippen LogP contribution in [-0.4, -0.2) is 37.3 Å². The Balaban J connectivity index is 1.53. The summed E-state index contributed by atoms with van der Waals surface area (Å²) in [5, 5.41) is 5.65. The summed E-state index contributed by atoms with van der Waals surface area (Å²) in [6.45, 7) is 6.16. The Labute approximate surface area is 150 Å². The van der Waals surface area contributed by atoms with Crippen molar-refractivity contribution in [3.8, 4) is 0 Å². The molecule has 2 heterocycles. The Hall–Kier alpha value is -1.88. The maximum absolute atomic E-state index is 6.51. The van der Waals surface area contributed by atoms with Crippen molar-refractivity contribution < 1.29 is 4.84 Å². The average Bonchev–Trinajstić information content (AvgIpc) is 3.10. The van der Waals surface area contributed by atoms with Crippen LogP contribution in [0.15, 0.2) is 54.6 Å². The average molecular weight is 337 g/mol. The van der Waals surface area contributed by atoms with Crippen LogP contribution in [0.5, 0.6) is 0 Å². The van der Waals surface area contributed by atoms with Crippen LogP contribution in [0.3, 0.4) is 0 Å². The van der Waals surface area contributed by atoms with E-state index in [4.69, 9.17) is 4.84 Å². The van der Waals surface area contributed by atoms with E-state index in [-0.39, 0.29) is 6.23 Å². The number of benzene rings is 2. The fraction of sp³-hybridized carbons (Fsp3) is 0.429. The third kappa shape index (κ3) is 3.43. The van der Waals surface area contributed by atoms with Gasteiger partial charge in [-0.2, -0.15) is 0 Å². The van der Waals surface area contributed by atoms with Crippen LogP contribution in [0.1, 0.15) is 30.5 Å². The summed E-state index contributed by atoms with van der Waals surface area (Å²) < 4.78 is 0. The van der Waals surface area contributed by atoms with E-state index in [2.05, 4.69) is 76.8 Å². The van der Waals surface area contributed by atoms with Gasteiger partial charge in [-0.3, -0.25) is 14.8 Å². The number of rotatable bonds is 5. The quantitative estimate of drug-likeness (QED) is 0.905. The van der Waals surface area contributed by atoms with E-state index in [1.807, 2.05) is 0 Å². The first kappa shape index (κ1) is 16.6. The van der Waals surface area contributed by atoms with Crippen molar-refractivity contribution in [1.82, 2.24) is 10.2 Å². The van der Waals surface area contributed by atoms with Crippen molar-refractivity contribution in [3.63, 3.8) is 0 Å². The lowest BCUT2D eigenvalue weighted by Crippen LogP contribution is -2.52. The highest BCUT2D eigenvalue weighted by molar-refractivity contribution is 5.55. The molecule has 0 amide bonds. The van der Waals surface area contributed by atoms with Gasteiger partial charge in [0.1, 0.15) is 6.23 Å². The van der Waals surface area contributed by atoms with Crippen LogP contribution in [0.2, 0.25) is 0 Å². The van der Waals surface area contributed by atoms with Gasteiger partial charge in [0.25, 0.3) is 0 Å². The zero-order valence-electron chi connectivity index (χ0n) is 14.9. The van der Waals surface area contributed by atoms with Crippen LogP contribution in [0, 0.1) is 0 Å². The molecular formula is C21H27N3O. The number of hydrogen-bond donors (Lipinski definition) is 1. The molecule has 0 aliphatic carbocycles. The molecule has 0 saturated carbocycles. The second-order valence-corrected chi connectivity index (χ2v) is 6.82. The van der Waals surface area contributed by atoms with Crippen LogP contribution in [-0.2, 0) is 11.3 Å². The predicted octanol–water partition coefficient (Wildman–Crippen LogP) is 3.36. The smallest absolute Gasteiger partial charge is 0.139 e. The molecule has 2 unspecified atom stereocenters. The maximum Gasteiger partial charge on any atom is 0.139 e. The third-order valence-electron chi connectivity index (χ3n) is 5.28. The number of piperazine rings is 1. The number of nitrogens with zero attached hydrogens (tertiary/aromatic N) is 2. The SMILES string of the molecule is CCC(ON1CCc2ccccc21)N1CCNCC1c1ccccc1. The molecule has 2 atom stereocenters. The molecule has 0 radical (unpaired) electrons. The maximum atomic E-state index is 6.51. The second-order valence-electron chi connectivity index (χ2n) is 6.82. The highest BCUT2D eigenvalue weighted by atomic mass is 16.7. The van der Waals surface area contributed by atoms with E-state index in [0.29, 0.717) is 6.04 Å². The third-order valence-corrected chi connectivity index (χ3v) is 5.28. The molecule has 0 bridgehead atoms. The second kappa shape index (κ2) is 7.56. The molecule has 25 heavy (non-hydrogen) atoms. The van der Waals surface area contributed by atoms with Crippen LogP contribution >= 0.6 is 0 Å². The minimum Gasteiger partial charge on any atom is -0.314 e. The number of fused-ring (bicyclic) bond motifs is 1. The first-order chi connectivity index (χ1) is 12.4. The summed E-state index contributed by atoms with van der Waals surface area (Å²) in [5.41, 5.74) is 3.98. The Morgan fingerprint density at radius 2 is 1.88 bits per heavy atom. The highest BCUT2D eigenvalue weighted by Crippen LogP contribution is 2.31. The standard InChI is InChI=1S/C21H27N3O/c1-2-21(25-24-14-12-18-10-6-7-11-19(18)24)23-15-13-22-16-20(23)17-8-4-3-5-9-17/h3-11,20-22H,2,12-16H2,1H3. The van der Waals surface area contributed by atoms with Gasteiger partial charge < -0.3 is 5.32 Å². The van der Waals surface area contributed by atoms with E-state index in [9.17, 15) is 0 Å². The Kier molecular flexibility index (Phi) is 5.02. The molecule has 1 N–H and O–H groups in total. The van der Waals surface area contributed by atoms with Crippen LogP contribution < -0.4 is 10.4 Å². The highest BCUT2D eigenvalue weighted by Gasteiger charge is 2.32. The minimum absolute atomic E-state index is 0.0958. The molecule has 1 saturated heterocycles. The number of nitrogens with one attached hydrogen (secondary N) is 1. The first-order valence-electron chi connectivity index (χ1n) is 9.40. The molecule has 4 nitrogen and oxygen atoms in total. The molecule has 132 valence electrons. The number of hydrogen-bond acceptors (Lipinski definition) is 4. The van der Waals surface area contributed by atoms with Crippen molar-refractivity contribution in [1.29, 1.82) is 0 Å². The van der Waals surface area contributed by atoms with Crippen LogP contribution in [0.4, 0.5) is 5.69 Å². The molecule has 2 aromatic carbocycles. The Morgan fingerprint density at radius 1 is 1.08 bits per heavy atom. The molecule has 0 spiro atoms. The first-order valence-corrected chi connectivity index (χ1v) is 9.40. The van der Waals surface area contributed by atoms with E-state index < -0.39 is 0 Å². The number of hydroxylamine groups is 1. The molecule has 4 heteroatoms. The lowest BCUT2D eigenvalue weighted by Gasteiger charge is -2.42. The Bertz CT molecular complexity index is 691. The summed E-state index contributed by atoms with van der Waals surface area (Å²) in [7, 11) is 0. The molecule has 4 rings (SSSR count). The fourth-order valence-electron chi connectivity index (χ4n) is 3.98. The molecule has 0 aromatic heterocycles. The Morgan fingerprint density at radius 3 is 2.72 bits per heavy atom. The lowest BCUT2D eigenvalue weighted by molar-refractivity contribution is -0.0970.